The molecule has 0 unspecified atom stereocenters. The fourth-order valence-electron chi connectivity index (χ4n) is 9.96. The van der Waals surface area contributed by atoms with Crippen molar-refractivity contribution in [3.63, 3.8) is 0 Å². The van der Waals surface area contributed by atoms with Crippen molar-refractivity contribution in [2.75, 3.05) is 47.5 Å². The molecule has 0 aliphatic carbocycles. The molecular weight excluding hydrogens is 843 g/mol. The Morgan fingerprint density at radius 1 is 1.05 bits per heavy atom. The van der Waals surface area contributed by atoms with Gasteiger partial charge in [0, 0.05) is 81.0 Å². The first kappa shape index (κ1) is 47.9. The number of nitrogens with one attached hydrogen (secondary N) is 2. The number of pyridine rings is 1. The highest BCUT2D eigenvalue weighted by Crippen LogP contribution is 2.42. The molecule has 0 saturated carbocycles. The Morgan fingerprint density at radius 2 is 1.82 bits per heavy atom. The SMILES string of the molecule is CCn1c(-c2cnccc2[C@H](C)OC)c2c3cc(ccc31)-c1cc(O)cc(c1)C[C@H](NC(=O)[C@H](C(C)C)N(C)C(=O)[C@H]1CCN(C(=O)OC)C1)C(=O)N1CCC[C@H](N1)C(=O)OCC(C)(C)C2. The Hall–Kier alpha value is -6.00. The number of benzene rings is 2. The van der Waals surface area contributed by atoms with E-state index in [2.05, 4.69) is 53.2 Å². The van der Waals surface area contributed by atoms with Crippen molar-refractivity contribution in [2.45, 2.75) is 104 Å². The van der Waals surface area contributed by atoms with Crippen LogP contribution < -0.4 is 10.7 Å². The van der Waals surface area contributed by atoms with E-state index in [0.717, 1.165) is 38.9 Å². The van der Waals surface area contributed by atoms with Gasteiger partial charge in [0.2, 0.25) is 11.8 Å². The average molecular weight is 908 g/mol. The zero-order valence-corrected chi connectivity index (χ0v) is 39.7. The number of hydrogen-bond donors (Lipinski definition) is 3. The lowest BCUT2D eigenvalue weighted by molar-refractivity contribution is -0.155. The zero-order valence-electron chi connectivity index (χ0n) is 39.7. The lowest BCUT2D eigenvalue weighted by Gasteiger charge is -2.37. The van der Waals surface area contributed by atoms with Gasteiger partial charge in [0.15, 0.2) is 0 Å². The number of aromatic nitrogens is 2. The molecule has 4 aromatic rings. The number of esters is 1. The first-order valence-corrected chi connectivity index (χ1v) is 23.0. The molecule has 3 aliphatic heterocycles. The summed E-state index contributed by atoms with van der Waals surface area (Å²) in [7, 11) is 4.55. The summed E-state index contributed by atoms with van der Waals surface area (Å²) in [5.41, 5.74) is 9.69. The smallest absolute Gasteiger partial charge is 0.409 e. The van der Waals surface area contributed by atoms with Gasteiger partial charge < -0.3 is 39.0 Å². The van der Waals surface area contributed by atoms with Crippen LogP contribution in [-0.4, -0.2) is 125 Å². The molecule has 4 amide bonds. The average Bonchev–Trinajstić information content (AvgIpc) is 3.92. The van der Waals surface area contributed by atoms with Gasteiger partial charge in [0.05, 0.1) is 31.4 Å². The summed E-state index contributed by atoms with van der Waals surface area (Å²) in [6.07, 6.45) is 4.81. The van der Waals surface area contributed by atoms with Gasteiger partial charge in [-0.2, -0.15) is 0 Å². The Balaban J connectivity index is 1.31. The van der Waals surface area contributed by atoms with E-state index in [4.69, 9.17) is 14.2 Å². The van der Waals surface area contributed by atoms with Crippen LogP contribution in [0.4, 0.5) is 4.79 Å². The molecule has 2 saturated heterocycles. The largest absolute Gasteiger partial charge is 0.508 e. The minimum atomic E-state index is -1.17. The van der Waals surface area contributed by atoms with E-state index >= 15 is 0 Å². The van der Waals surface area contributed by atoms with Gasteiger partial charge in [-0.15, -0.1) is 0 Å². The van der Waals surface area contributed by atoms with Gasteiger partial charge in [-0.05, 0) is 104 Å². The number of likely N-dealkylation sites (N-methyl/N-ethyl adjacent to an activating group) is 1. The predicted octanol–water partition coefficient (Wildman–Crippen LogP) is 6.02. The van der Waals surface area contributed by atoms with Crippen LogP contribution in [0.1, 0.15) is 83.6 Å². The molecule has 0 radical (unpaired) electrons. The number of likely N-dealkylation sites (tertiary alicyclic amines) is 1. The molecule has 2 fully saturated rings. The van der Waals surface area contributed by atoms with E-state index in [-0.39, 0.29) is 49.8 Å². The zero-order chi connectivity index (χ0) is 47.6. The molecule has 16 nitrogen and oxygen atoms in total. The number of nitrogens with zero attached hydrogens (tertiary/aromatic N) is 5. The highest BCUT2D eigenvalue weighted by atomic mass is 16.5. The molecule has 7 rings (SSSR count). The third-order valence-electron chi connectivity index (χ3n) is 13.4. The molecule has 354 valence electrons. The van der Waals surface area contributed by atoms with Crippen molar-refractivity contribution in [3.8, 4) is 28.1 Å². The van der Waals surface area contributed by atoms with Gasteiger partial charge in [0.1, 0.15) is 23.9 Å². The number of phenolic OH excluding ortho intramolecular Hbond substituents is 1. The summed E-state index contributed by atoms with van der Waals surface area (Å²) in [6, 6.07) is 10.5. The van der Waals surface area contributed by atoms with Crippen molar-refractivity contribution in [1.29, 1.82) is 0 Å². The number of rotatable bonds is 9. The van der Waals surface area contributed by atoms with E-state index in [0.29, 0.717) is 49.9 Å². The highest BCUT2D eigenvalue weighted by molar-refractivity contribution is 5.96. The summed E-state index contributed by atoms with van der Waals surface area (Å²) in [6.45, 7) is 13.5. The van der Waals surface area contributed by atoms with E-state index in [1.54, 1.807) is 32.5 Å². The van der Waals surface area contributed by atoms with Gasteiger partial charge in [-0.1, -0.05) is 39.8 Å². The van der Waals surface area contributed by atoms with Gasteiger partial charge in [-0.25, -0.2) is 10.2 Å². The van der Waals surface area contributed by atoms with Crippen LogP contribution in [0, 0.1) is 17.3 Å². The predicted molar refractivity (Wildman–Crippen MR) is 249 cm³/mol. The van der Waals surface area contributed by atoms with Crippen molar-refractivity contribution in [1.82, 2.24) is 35.1 Å². The molecule has 2 aromatic carbocycles. The van der Waals surface area contributed by atoms with Crippen LogP contribution in [0.15, 0.2) is 54.9 Å². The Kier molecular flexibility index (Phi) is 14.4. The first-order valence-electron chi connectivity index (χ1n) is 23.0. The number of aromatic hydroxyl groups is 1. The van der Waals surface area contributed by atoms with Gasteiger partial charge in [0.25, 0.3) is 5.91 Å². The molecule has 6 bridgehead atoms. The number of ether oxygens (including phenoxy) is 3. The quantitative estimate of drug-likeness (QED) is 0.167. The van der Waals surface area contributed by atoms with E-state index in [1.165, 1.54) is 21.9 Å². The number of fused-ring (bicyclic) bond motifs is 6. The Morgan fingerprint density at radius 3 is 2.53 bits per heavy atom. The Labute approximate surface area is 386 Å². The third kappa shape index (κ3) is 9.90. The monoisotopic (exact) mass is 907 g/mol. The summed E-state index contributed by atoms with van der Waals surface area (Å²) < 4.78 is 19.1. The summed E-state index contributed by atoms with van der Waals surface area (Å²) in [5, 5.41) is 16.7. The number of carbonyl (C=O) groups is 5. The topological polar surface area (TPSA) is 185 Å². The highest BCUT2D eigenvalue weighted by Gasteiger charge is 2.40. The number of amides is 4. The number of methoxy groups -OCH3 is 2. The van der Waals surface area contributed by atoms with E-state index < -0.39 is 53.3 Å². The molecule has 3 N–H and O–H groups in total. The molecule has 66 heavy (non-hydrogen) atoms. The second kappa shape index (κ2) is 19.8. The van der Waals surface area contributed by atoms with Crippen molar-refractivity contribution >= 4 is 40.7 Å². The van der Waals surface area contributed by atoms with Crippen LogP contribution >= 0.6 is 0 Å². The molecule has 0 spiro atoms. The molecule has 2 aromatic heterocycles. The van der Waals surface area contributed by atoms with Gasteiger partial charge in [-0.3, -0.25) is 29.2 Å². The number of hydrazine groups is 1. The number of phenols is 1. The minimum Gasteiger partial charge on any atom is -0.508 e. The second-order valence-electron chi connectivity index (χ2n) is 19.1. The fraction of sp³-hybridized carbons (Fsp3) is 0.520. The van der Waals surface area contributed by atoms with Gasteiger partial charge >= 0.3 is 12.1 Å². The van der Waals surface area contributed by atoms with Crippen LogP contribution in [0.25, 0.3) is 33.3 Å². The maximum absolute atomic E-state index is 14.7. The lowest BCUT2D eigenvalue weighted by Crippen LogP contribution is -2.62. The van der Waals surface area contributed by atoms with Crippen LogP contribution in [0.5, 0.6) is 5.75 Å². The van der Waals surface area contributed by atoms with Crippen molar-refractivity contribution in [2.24, 2.45) is 17.3 Å². The summed E-state index contributed by atoms with van der Waals surface area (Å²) >= 11 is 0. The fourth-order valence-corrected chi connectivity index (χ4v) is 9.96. The maximum atomic E-state index is 14.7. The first-order chi connectivity index (χ1) is 31.4. The van der Waals surface area contributed by atoms with Crippen LogP contribution in [-0.2, 0) is 52.8 Å². The molecule has 3 aliphatic rings. The van der Waals surface area contributed by atoms with E-state index in [9.17, 15) is 29.1 Å². The number of cyclic esters (lactones) is 1. The summed E-state index contributed by atoms with van der Waals surface area (Å²) in [5.74, 6) is -2.70. The Bertz CT molecular complexity index is 2480. The number of hydrogen-bond acceptors (Lipinski definition) is 11. The van der Waals surface area contributed by atoms with E-state index in [1.807, 2.05) is 45.2 Å². The number of carbonyl (C=O) groups excluding carboxylic acids is 5. The lowest BCUT2D eigenvalue weighted by atomic mass is 9.84. The van der Waals surface area contributed by atoms with Crippen molar-refractivity contribution in [3.05, 3.63) is 71.5 Å². The second-order valence-corrected chi connectivity index (χ2v) is 19.1. The summed E-state index contributed by atoms with van der Waals surface area (Å²) in [4.78, 5) is 76.7. The van der Waals surface area contributed by atoms with Crippen molar-refractivity contribution < 1.29 is 43.3 Å². The molecule has 16 heteroatoms. The molecular formula is C50H65N7O9. The molecule has 5 heterocycles. The van der Waals surface area contributed by atoms with Crippen LogP contribution in [0.2, 0.25) is 0 Å². The maximum Gasteiger partial charge on any atom is 0.409 e. The minimum absolute atomic E-state index is 0.0156. The standard InChI is InChI=1S/C50H65N7O9/c1-10-56-42-14-13-32-24-37(42)38(44(56)39-26-51-17-15-36(39)30(4)64-8)25-50(5,6)28-66-48(62)40-12-11-18-57(53-40)47(61)41(22-31-20-34(32)23-35(58)21-31)52-45(59)43(29(2)3)54(7)46(60)33-16-19-55(27-33)49(63)65-9/h13-15,17,20-21,23-24,26,29-30,33,40-41,43,53,58H,10-12,16,18-19,22,25,27-28H2,1-9H3,(H,52,59)/t30-,33-,40-,41-,43-/m0/s1. The number of aryl methyl sites for hydroxylation is 1. The van der Waals surface area contributed by atoms with Crippen LogP contribution in [0.3, 0.4) is 0 Å². The third-order valence-corrected chi connectivity index (χ3v) is 13.4. The normalized spacial score (nSPS) is 21.0. The molecule has 5 atom stereocenters.